The molecule has 128 valence electrons. The molecule has 0 saturated carbocycles. The number of nitrogens with two attached hydrogens (primary N) is 1. The van der Waals surface area contributed by atoms with Gasteiger partial charge in [0, 0.05) is 12.2 Å². The Morgan fingerprint density at radius 2 is 1.78 bits per heavy atom. The zero-order valence-corrected chi connectivity index (χ0v) is 14.5. The Morgan fingerprint density at radius 1 is 1.26 bits per heavy atom. The summed E-state index contributed by atoms with van der Waals surface area (Å²) < 4.78 is 5.58. The highest BCUT2D eigenvalue weighted by atomic mass is 16.5. The van der Waals surface area contributed by atoms with Crippen LogP contribution in [0.5, 0.6) is 0 Å². The van der Waals surface area contributed by atoms with Crippen molar-refractivity contribution in [3.63, 3.8) is 0 Å². The minimum atomic E-state index is -1.18. The molecule has 0 aliphatic carbocycles. The van der Waals surface area contributed by atoms with E-state index in [0.717, 1.165) is 6.42 Å². The fraction of sp³-hybridized carbons (Fsp3) is 0.562. The fourth-order valence-corrected chi connectivity index (χ4v) is 1.90. The number of rotatable bonds is 7. The van der Waals surface area contributed by atoms with Crippen molar-refractivity contribution in [3.05, 3.63) is 24.3 Å². The lowest BCUT2D eigenvalue weighted by Crippen LogP contribution is -2.53. The first-order valence-electron chi connectivity index (χ1n) is 7.75. The molecule has 0 aromatic heterocycles. The molecular weight excluding hydrogens is 295 g/mol. The van der Waals surface area contributed by atoms with Crippen LogP contribution < -0.4 is 16.1 Å². The van der Waals surface area contributed by atoms with Gasteiger partial charge in [-0.15, -0.1) is 0 Å². The summed E-state index contributed by atoms with van der Waals surface area (Å²) in [6, 6.07) is 6.25. The molecule has 1 rings (SSSR count). The lowest BCUT2D eigenvalue weighted by atomic mass is 9.76. The lowest BCUT2D eigenvalue weighted by Gasteiger charge is -2.38. The van der Waals surface area contributed by atoms with Crippen molar-refractivity contribution >= 4 is 24.3 Å². The Hall–Kier alpha value is -1.57. The first kappa shape index (κ1) is 19.5. The molecule has 0 aliphatic rings. The molecule has 0 saturated heterocycles. The van der Waals surface area contributed by atoms with E-state index in [0.29, 0.717) is 17.7 Å². The molecule has 0 aliphatic heterocycles. The van der Waals surface area contributed by atoms with Gasteiger partial charge in [0.2, 0.25) is 0 Å². The van der Waals surface area contributed by atoms with Crippen LogP contribution >= 0.6 is 0 Å². The number of hydrogen-bond donors (Lipinski definition) is 3. The summed E-state index contributed by atoms with van der Waals surface area (Å²) in [5.74, 6) is 0. The minimum absolute atomic E-state index is 0.514. The molecule has 0 fully saturated rings. The van der Waals surface area contributed by atoms with Crippen molar-refractivity contribution < 1.29 is 19.6 Å². The van der Waals surface area contributed by atoms with Gasteiger partial charge >= 0.3 is 13.1 Å². The number of aliphatic hydroxyl groups is 1. The van der Waals surface area contributed by atoms with Crippen molar-refractivity contribution in [3.8, 4) is 0 Å². The SMILES string of the molecule is CCCN(C(N)=O)c1ccc(B(O)OC(C)(C)C(C)(C)O)cc1. The van der Waals surface area contributed by atoms with Gasteiger partial charge in [0.15, 0.2) is 0 Å². The lowest BCUT2D eigenvalue weighted by molar-refractivity contribution is -0.0982. The van der Waals surface area contributed by atoms with Gasteiger partial charge in [0.05, 0.1) is 11.2 Å². The molecule has 0 atom stereocenters. The van der Waals surface area contributed by atoms with Crippen LogP contribution in [0.1, 0.15) is 41.0 Å². The third-order valence-corrected chi connectivity index (χ3v) is 4.08. The molecule has 0 radical (unpaired) electrons. The van der Waals surface area contributed by atoms with E-state index in [1.807, 2.05) is 6.92 Å². The van der Waals surface area contributed by atoms with Gasteiger partial charge in [0.1, 0.15) is 0 Å². The maximum absolute atomic E-state index is 11.5. The van der Waals surface area contributed by atoms with Gasteiger partial charge in [-0.2, -0.15) is 0 Å². The summed E-state index contributed by atoms with van der Waals surface area (Å²) in [5, 5.41) is 20.3. The van der Waals surface area contributed by atoms with E-state index in [1.165, 1.54) is 4.90 Å². The third kappa shape index (κ3) is 4.96. The summed E-state index contributed by atoms with van der Waals surface area (Å²) in [6.45, 7) is 9.15. The zero-order chi connectivity index (χ0) is 17.8. The molecule has 0 spiro atoms. The first-order chi connectivity index (χ1) is 10.5. The van der Waals surface area contributed by atoms with E-state index in [2.05, 4.69) is 0 Å². The van der Waals surface area contributed by atoms with Gasteiger partial charge in [-0.3, -0.25) is 4.90 Å². The van der Waals surface area contributed by atoms with Gasteiger partial charge in [-0.25, -0.2) is 4.79 Å². The van der Waals surface area contributed by atoms with Gasteiger partial charge in [-0.1, -0.05) is 19.1 Å². The third-order valence-electron chi connectivity index (χ3n) is 4.08. The van der Waals surface area contributed by atoms with Crippen LogP contribution in [-0.4, -0.2) is 41.0 Å². The second kappa shape index (κ2) is 7.34. The van der Waals surface area contributed by atoms with Crippen LogP contribution in [0.4, 0.5) is 10.5 Å². The van der Waals surface area contributed by atoms with E-state index >= 15 is 0 Å². The van der Waals surface area contributed by atoms with Crippen LogP contribution in [0.2, 0.25) is 0 Å². The zero-order valence-electron chi connectivity index (χ0n) is 14.5. The van der Waals surface area contributed by atoms with Crippen LogP contribution in [0, 0.1) is 0 Å². The number of anilines is 1. The average Bonchev–Trinajstić information content (AvgIpc) is 2.43. The molecule has 0 bridgehead atoms. The molecule has 23 heavy (non-hydrogen) atoms. The van der Waals surface area contributed by atoms with Gasteiger partial charge in [-0.05, 0) is 51.7 Å². The van der Waals surface area contributed by atoms with Gasteiger partial charge < -0.3 is 20.5 Å². The topological polar surface area (TPSA) is 96.0 Å². The van der Waals surface area contributed by atoms with E-state index < -0.39 is 24.4 Å². The summed E-state index contributed by atoms with van der Waals surface area (Å²) in [6.07, 6.45) is 0.788. The number of carbonyl (C=O) groups excluding carboxylic acids is 1. The number of hydrogen-bond acceptors (Lipinski definition) is 4. The van der Waals surface area contributed by atoms with Crippen LogP contribution in [-0.2, 0) is 4.65 Å². The van der Waals surface area contributed by atoms with Gasteiger partial charge in [0.25, 0.3) is 0 Å². The molecule has 4 N–H and O–H groups in total. The number of amides is 2. The molecule has 1 aromatic carbocycles. The highest BCUT2D eigenvalue weighted by Gasteiger charge is 2.39. The van der Waals surface area contributed by atoms with Crippen molar-refractivity contribution in [1.82, 2.24) is 0 Å². The number of urea groups is 1. The van der Waals surface area contributed by atoms with Crippen molar-refractivity contribution in [2.45, 2.75) is 52.2 Å². The highest BCUT2D eigenvalue weighted by Crippen LogP contribution is 2.25. The maximum Gasteiger partial charge on any atom is 0.491 e. The molecule has 1 aromatic rings. The molecular formula is C16H27BN2O4. The van der Waals surface area contributed by atoms with Crippen LogP contribution in [0.15, 0.2) is 24.3 Å². The standard InChI is InChI=1S/C16H27BN2O4/c1-6-11-19(14(18)20)13-9-7-12(8-10-13)17(22)23-16(4,5)15(2,3)21/h7-10,21-22H,6,11H2,1-5H3,(H2,18,20). The number of carbonyl (C=O) groups is 1. The molecule has 6 nitrogen and oxygen atoms in total. The normalized spacial score (nSPS) is 12.1. The molecule has 0 heterocycles. The summed E-state index contributed by atoms with van der Waals surface area (Å²) in [5.41, 5.74) is 4.52. The Morgan fingerprint density at radius 3 is 2.17 bits per heavy atom. The van der Waals surface area contributed by atoms with Crippen LogP contribution in [0.3, 0.4) is 0 Å². The molecule has 2 amide bonds. The Bertz CT molecular complexity index is 526. The Kier molecular flexibility index (Phi) is 6.21. The summed E-state index contributed by atoms with van der Waals surface area (Å²) >= 11 is 0. The van der Waals surface area contributed by atoms with Crippen molar-refractivity contribution in [2.75, 3.05) is 11.4 Å². The number of primary amides is 1. The summed E-state index contributed by atoms with van der Waals surface area (Å²) in [7, 11) is -1.18. The summed E-state index contributed by atoms with van der Waals surface area (Å²) in [4.78, 5) is 12.9. The molecule has 0 unspecified atom stereocenters. The van der Waals surface area contributed by atoms with E-state index in [-0.39, 0.29) is 0 Å². The monoisotopic (exact) mass is 322 g/mol. The predicted molar refractivity (Wildman–Crippen MR) is 92.7 cm³/mol. The molecule has 7 heteroatoms. The first-order valence-corrected chi connectivity index (χ1v) is 7.75. The van der Waals surface area contributed by atoms with E-state index in [9.17, 15) is 14.9 Å². The van der Waals surface area contributed by atoms with E-state index in [4.69, 9.17) is 10.4 Å². The Labute approximate surface area is 138 Å². The van der Waals surface area contributed by atoms with E-state index in [1.54, 1.807) is 52.0 Å². The smallest absolute Gasteiger partial charge is 0.423 e. The quantitative estimate of drug-likeness (QED) is 0.658. The Balaban J connectivity index is 2.89. The van der Waals surface area contributed by atoms with Crippen molar-refractivity contribution in [1.29, 1.82) is 0 Å². The second-order valence-electron chi connectivity index (χ2n) is 6.62. The number of benzene rings is 1. The van der Waals surface area contributed by atoms with Crippen molar-refractivity contribution in [2.24, 2.45) is 5.73 Å². The second-order valence-corrected chi connectivity index (χ2v) is 6.62. The van der Waals surface area contributed by atoms with Crippen LogP contribution in [0.25, 0.3) is 0 Å². The maximum atomic E-state index is 11.5. The largest absolute Gasteiger partial charge is 0.491 e. The highest BCUT2D eigenvalue weighted by molar-refractivity contribution is 6.60. The fourth-order valence-electron chi connectivity index (χ4n) is 1.90. The minimum Gasteiger partial charge on any atom is -0.423 e. The number of nitrogens with zero attached hydrogens (tertiary/aromatic N) is 1. The predicted octanol–water partition coefficient (Wildman–Crippen LogP) is 1.24. The average molecular weight is 322 g/mol.